The van der Waals surface area contributed by atoms with Crippen LogP contribution in [-0.2, 0) is 16.1 Å². The summed E-state index contributed by atoms with van der Waals surface area (Å²) >= 11 is 1.65. The predicted octanol–water partition coefficient (Wildman–Crippen LogP) is -0.0929. The van der Waals surface area contributed by atoms with Crippen molar-refractivity contribution in [3.63, 3.8) is 0 Å². The fourth-order valence-electron chi connectivity index (χ4n) is 2.26. The van der Waals surface area contributed by atoms with Gasteiger partial charge >= 0.3 is 0 Å². The number of morpholine rings is 1. The molecule has 1 saturated heterocycles. The number of aliphatic imine (C=N–C) groups is 1. The van der Waals surface area contributed by atoms with Crippen molar-refractivity contribution in [2.75, 3.05) is 60.0 Å². The Morgan fingerprint density at radius 1 is 1.40 bits per heavy atom. The number of thiazole rings is 1. The highest BCUT2D eigenvalue weighted by molar-refractivity contribution is 7.11. The molecule has 25 heavy (non-hydrogen) atoms. The molecule has 1 amide bonds. The van der Waals surface area contributed by atoms with Crippen molar-refractivity contribution in [3.8, 4) is 0 Å². The first-order chi connectivity index (χ1) is 12.0. The van der Waals surface area contributed by atoms with Gasteiger partial charge < -0.3 is 20.3 Å². The number of nitrogens with one attached hydrogen (secondary N) is 2. The van der Waals surface area contributed by atoms with E-state index in [0.717, 1.165) is 44.4 Å². The normalized spacial score (nSPS) is 15.9. The van der Waals surface area contributed by atoms with E-state index >= 15 is 0 Å². The second-order valence-electron chi connectivity index (χ2n) is 6.05. The number of rotatable bonds is 7. The third kappa shape index (κ3) is 7.37. The molecule has 0 saturated carbocycles. The van der Waals surface area contributed by atoms with E-state index in [4.69, 9.17) is 4.74 Å². The van der Waals surface area contributed by atoms with Crippen LogP contribution in [0.15, 0.2) is 11.2 Å². The molecule has 0 bridgehead atoms. The quantitative estimate of drug-likeness (QED) is 0.517. The van der Waals surface area contributed by atoms with E-state index in [1.54, 1.807) is 30.3 Å². The van der Waals surface area contributed by atoms with Crippen molar-refractivity contribution in [3.05, 3.63) is 16.1 Å². The van der Waals surface area contributed by atoms with Gasteiger partial charge in [0.15, 0.2) is 5.96 Å². The molecule has 0 radical (unpaired) electrons. The van der Waals surface area contributed by atoms with Gasteiger partial charge in [-0.25, -0.2) is 9.98 Å². The maximum absolute atomic E-state index is 11.8. The number of carbonyl (C=O) groups is 1. The summed E-state index contributed by atoms with van der Waals surface area (Å²) in [6, 6.07) is 0. The van der Waals surface area contributed by atoms with E-state index < -0.39 is 0 Å². The standard InChI is InChI=1S/C16H28N6O2S/c1-13-10-18-14(25-13)11-19-16(20-12-15(23)21(2)3)17-4-5-22-6-8-24-9-7-22/h10H,4-9,11-12H2,1-3H3,(H2,17,19,20). The number of nitrogens with zero attached hydrogens (tertiary/aromatic N) is 4. The molecule has 0 aromatic carbocycles. The summed E-state index contributed by atoms with van der Waals surface area (Å²) in [7, 11) is 3.46. The molecule has 2 rings (SSSR count). The lowest BCUT2D eigenvalue weighted by Crippen LogP contribution is -2.44. The van der Waals surface area contributed by atoms with Gasteiger partial charge in [0, 0.05) is 51.3 Å². The van der Waals surface area contributed by atoms with E-state index in [1.165, 1.54) is 4.88 Å². The summed E-state index contributed by atoms with van der Waals surface area (Å²) < 4.78 is 5.36. The van der Waals surface area contributed by atoms with E-state index in [9.17, 15) is 4.79 Å². The number of amides is 1. The second kappa shape index (κ2) is 10.3. The monoisotopic (exact) mass is 368 g/mol. The topological polar surface area (TPSA) is 82.1 Å². The van der Waals surface area contributed by atoms with Crippen LogP contribution >= 0.6 is 11.3 Å². The second-order valence-corrected chi connectivity index (χ2v) is 7.37. The lowest BCUT2D eigenvalue weighted by molar-refractivity contribution is -0.127. The Hall–Kier alpha value is -1.71. The highest BCUT2D eigenvalue weighted by Crippen LogP contribution is 2.10. The molecule has 0 atom stereocenters. The molecule has 140 valence electrons. The van der Waals surface area contributed by atoms with Crippen molar-refractivity contribution in [1.82, 2.24) is 25.4 Å². The molecule has 2 N–H and O–H groups in total. The molecule has 1 aliphatic heterocycles. The first-order valence-electron chi connectivity index (χ1n) is 8.48. The average molecular weight is 369 g/mol. The number of carbonyl (C=O) groups excluding carboxylic acids is 1. The summed E-state index contributed by atoms with van der Waals surface area (Å²) in [6.07, 6.45) is 1.86. The smallest absolute Gasteiger partial charge is 0.243 e. The van der Waals surface area contributed by atoms with Crippen LogP contribution in [0.3, 0.4) is 0 Å². The Bertz CT molecular complexity index is 569. The van der Waals surface area contributed by atoms with Crippen molar-refractivity contribution in [2.24, 2.45) is 4.99 Å². The van der Waals surface area contributed by atoms with Gasteiger partial charge in [0.1, 0.15) is 11.6 Å². The van der Waals surface area contributed by atoms with Crippen molar-refractivity contribution < 1.29 is 9.53 Å². The van der Waals surface area contributed by atoms with Crippen molar-refractivity contribution in [2.45, 2.75) is 13.5 Å². The Kier molecular flexibility index (Phi) is 8.10. The van der Waals surface area contributed by atoms with Crippen LogP contribution in [-0.4, -0.2) is 86.7 Å². The Balaban J connectivity index is 1.83. The molecule has 0 unspecified atom stereocenters. The molecule has 1 aromatic heterocycles. The molecular weight excluding hydrogens is 340 g/mol. The van der Waals surface area contributed by atoms with Crippen LogP contribution in [0.4, 0.5) is 0 Å². The summed E-state index contributed by atoms with van der Waals surface area (Å²) in [5.41, 5.74) is 0. The Morgan fingerprint density at radius 3 is 2.80 bits per heavy atom. The van der Waals surface area contributed by atoms with Crippen LogP contribution in [0.25, 0.3) is 0 Å². The van der Waals surface area contributed by atoms with Crippen LogP contribution in [0.1, 0.15) is 9.88 Å². The SMILES string of the molecule is Cc1cnc(CNC(=NCC(=O)N(C)C)NCCN2CCOCC2)s1. The highest BCUT2D eigenvalue weighted by Gasteiger charge is 2.10. The molecule has 1 aliphatic rings. The summed E-state index contributed by atoms with van der Waals surface area (Å²) in [5, 5.41) is 7.55. The fraction of sp³-hybridized carbons (Fsp3) is 0.688. The lowest BCUT2D eigenvalue weighted by atomic mass is 10.4. The number of hydrogen-bond acceptors (Lipinski definition) is 6. The van der Waals surface area contributed by atoms with Crippen LogP contribution < -0.4 is 10.6 Å². The van der Waals surface area contributed by atoms with Gasteiger partial charge in [-0.1, -0.05) is 0 Å². The van der Waals surface area contributed by atoms with Crippen LogP contribution in [0, 0.1) is 6.92 Å². The van der Waals surface area contributed by atoms with Gasteiger partial charge in [0.25, 0.3) is 0 Å². The minimum absolute atomic E-state index is 0.0284. The minimum Gasteiger partial charge on any atom is -0.379 e. The van der Waals surface area contributed by atoms with E-state index in [0.29, 0.717) is 12.5 Å². The molecule has 1 aromatic rings. The van der Waals surface area contributed by atoms with Gasteiger partial charge in [0.2, 0.25) is 5.91 Å². The minimum atomic E-state index is -0.0284. The molecule has 2 heterocycles. The zero-order valence-corrected chi connectivity index (χ0v) is 16.1. The summed E-state index contributed by atoms with van der Waals surface area (Å²) in [6.45, 7) is 7.93. The number of hydrogen-bond donors (Lipinski definition) is 2. The number of aryl methyl sites for hydroxylation is 1. The van der Waals surface area contributed by atoms with Crippen LogP contribution in [0.5, 0.6) is 0 Å². The number of aromatic nitrogens is 1. The zero-order chi connectivity index (χ0) is 18.1. The number of likely N-dealkylation sites (N-methyl/N-ethyl adjacent to an activating group) is 1. The summed E-state index contributed by atoms with van der Waals surface area (Å²) in [5.74, 6) is 0.607. The third-order valence-electron chi connectivity index (χ3n) is 3.77. The molecular formula is C16H28N6O2S. The van der Waals surface area contributed by atoms with Gasteiger partial charge in [-0.2, -0.15) is 0 Å². The molecule has 9 heteroatoms. The molecule has 0 aliphatic carbocycles. The van der Waals surface area contributed by atoms with E-state index in [1.807, 2.05) is 13.1 Å². The van der Waals surface area contributed by atoms with Gasteiger partial charge in [0.05, 0.1) is 19.8 Å². The highest BCUT2D eigenvalue weighted by atomic mass is 32.1. The van der Waals surface area contributed by atoms with Crippen LogP contribution in [0.2, 0.25) is 0 Å². The number of ether oxygens (including phenoxy) is 1. The van der Waals surface area contributed by atoms with Gasteiger partial charge in [-0.15, -0.1) is 11.3 Å². The zero-order valence-electron chi connectivity index (χ0n) is 15.2. The molecule has 0 spiro atoms. The van der Waals surface area contributed by atoms with Crippen molar-refractivity contribution >= 4 is 23.2 Å². The van der Waals surface area contributed by atoms with Gasteiger partial charge in [-0.05, 0) is 6.92 Å². The first kappa shape index (κ1) is 19.6. The third-order valence-corrected chi connectivity index (χ3v) is 4.68. The van der Waals surface area contributed by atoms with E-state index in [2.05, 4.69) is 25.5 Å². The number of guanidine groups is 1. The van der Waals surface area contributed by atoms with Crippen molar-refractivity contribution in [1.29, 1.82) is 0 Å². The largest absolute Gasteiger partial charge is 0.379 e. The average Bonchev–Trinajstić information content (AvgIpc) is 3.02. The Labute approximate surface area is 153 Å². The maximum atomic E-state index is 11.8. The lowest BCUT2D eigenvalue weighted by Gasteiger charge is -2.26. The fourth-order valence-corrected chi connectivity index (χ4v) is 2.99. The molecule has 8 nitrogen and oxygen atoms in total. The predicted molar refractivity (Wildman–Crippen MR) is 99.9 cm³/mol. The summed E-state index contributed by atoms with van der Waals surface area (Å²) in [4.78, 5) is 25.6. The Morgan fingerprint density at radius 2 is 2.16 bits per heavy atom. The first-order valence-corrected chi connectivity index (χ1v) is 9.30. The van der Waals surface area contributed by atoms with E-state index in [-0.39, 0.29) is 12.5 Å². The maximum Gasteiger partial charge on any atom is 0.243 e. The molecule has 1 fully saturated rings. The van der Waals surface area contributed by atoms with Gasteiger partial charge in [-0.3, -0.25) is 9.69 Å².